The van der Waals surface area contributed by atoms with E-state index >= 15 is 0 Å². The number of piperidine rings is 1. The van der Waals surface area contributed by atoms with Crippen molar-refractivity contribution in [3.05, 3.63) is 29.6 Å². The highest BCUT2D eigenvalue weighted by Crippen LogP contribution is 2.23. The topological polar surface area (TPSA) is 52.6 Å². The zero-order valence-corrected chi connectivity index (χ0v) is 10.3. The molecule has 2 N–H and O–H groups in total. The Morgan fingerprint density at radius 3 is 3.00 bits per heavy atom. The first kappa shape index (κ1) is 12.8. The second-order valence-corrected chi connectivity index (χ2v) is 4.51. The molecule has 1 amide bonds. The number of hydrogen-bond donors (Lipinski definition) is 2. The fourth-order valence-electron chi connectivity index (χ4n) is 2.28. The van der Waals surface area contributed by atoms with E-state index in [2.05, 4.69) is 5.32 Å². The van der Waals surface area contributed by atoms with Crippen LogP contribution in [-0.4, -0.2) is 42.1 Å². The smallest absolute Gasteiger partial charge is 0.260 e. The van der Waals surface area contributed by atoms with Gasteiger partial charge in [-0.2, -0.15) is 0 Å². The SMILES string of the molecule is CNC1CCCN(C(=O)c2c(O)cccc2F)C1. The monoisotopic (exact) mass is 252 g/mol. The normalized spacial score (nSPS) is 19.9. The molecule has 1 aliphatic rings. The van der Waals surface area contributed by atoms with Crippen LogP contribution < -0.4 is 5.32 Å². The summed E-state index contributed by atoms with van der Waals surface area (Å²) in [6, 6.07) is 4.13. The van der Waals surface area contributed by atoms with E-state index < -0.39 is 11.7 Å². The quantitative estimate of drug-likeness (QED) is 0.835. The van der Waals surface area contributed by atoms with Gasteiger partial charge in [0.1, 0.15) is 17.1 Å². The van der Waals surface area contributed by atoms with Crippen molar-refractivity contribution < 1.29 is 14.3 Å². The molecule has 1 unspecified atom stereocenters. The van der Waals surface area contributed by atoms with Gasteiger partial charge in [0.25, 0.3) is 5.91 Å². The molecular formula is C13H17FN2O2. The van der Waals surface area contributed by atoms with Gasteiger partial charge in [-0.25, -0.2) is 4.39 Å². The number of carbonyl (C=O) groups excluding carboxylic acids is 1. The second kappa shape index (κ2) is 5.35. The fourth-order valence-corrected chi connectivity index (χ4v) is 2.28. The summed E-state index contributed by atoms with van der Waals surface area (Å²) in [6.45, 7) is 1.15. The maximum Gasteiger partial charge on any atom is 0.260 e. The van der Waals surface area contributed by atoms with Gasteiger partial charge in [-0.15, -0.1) is 0 Å². The summed E-state index contributed by atoms with van der Waals surface area (Å²) >= 11 is 0. The lowest BCUT2D eigenvalue weighted by Crippen LogP contribution is -2.47. The van der Waals surface area contributed by atoms with Gasteiger partial charge in [0.2, 0.25) is 0 Å². The van der Waals surface area contributed by atoms with E-state index in [1.54, 1.807) is 4.90 Å². The number of likely N-dealkylation sites (tertiary alicyclic amines) is 1. The Morgan fingerprint density at radius 1 is 1.56 bits per heavy atom. The molecular weight excluding hydrogens is 235 g/mol. The highest BCUT2D eigenvalue weighted by molar-refractivity contribution is 5.97. The van der Waals surface area contributed by atoms with E-state index in [4.69, 9.17) is 0 Å². The molecule has 0 bridgehead atoms. The highest BCUT2D eigenvalue weighted by Gasteiger charge is 2.27. The average molecular weight is 252 g/mol. The van der Waals surface area contributed by atoms with Crippen molar-refractivity contribution in [2.45, 2.75) is 18.9 Å². The number of benzene rings is 1. The third-order valence-corrected chi connectivity index (χ3v) is 3.32. The van der Waals surface area contributed by atoms with Gasteiger partial charge in [-0.3, -0.25) is 4.79 Å². The molecule has 4 nitrogen and oxygen atoms in total. The Hall–Kier alpha value is -1.62. The molecule has 0 aromatic heterocycles. The first-order chi connectivity index (χ1) is 8.63. The van der Waals surface area contributed by atoms with Gasteiger partial charge >= 0.3 is 0 Å². The summed E-state index contributed by atoms with van der Waals surface area (Å²) in [4.78, 5) is 13.8. The third-order valence-electron chi connectivity index (χ3n) is 3.32. The van der Waals surface area contributed by atoms with Gasteiger partial charge in [0.15, 0.2) is 0 Å². The zero-order chi connectivity index (χ0) is 13.1. The van der Waals surface area contributed by atoms with Crippen LogP contribution in [0.4, 0.5) is 4.39 Å². The number of rotatable bonds is 2. The Kier molecular flexibility index (Phi) is 3.81. The molecule has 1 saturated heterocycles. The van der Waals surface area contributed by atoms with E-state index in [0.29, 0.717) is 13.1 Å². The number of hydrogen-bond acceptors (Lipinski definition) is 3. The van der Waals surface area contributed by atoms with Crippen molar-refractivity contribution in [3.8, 4) is 5.75 Å². The average Bonchev–Trinajstić information content (AvgIpc) is 2.38. The maximum absolute atomic E-state index is 13.6. The lowest BCUT2D eigenvalue weighted by atomic mass is 10.0. The highest BCUT2D eigenvalue weighted by atomic mass is 19.1. The van der Waals surface area contributed by atoms with Crippen molar-refractivity contribution in [1.82, 2.24) is 10.2 Å². The molecule has 0 radical (unpaired) electrons. The van der Waals surface area contributed by atoms with Gasteiger partial charge < -0.3 is 15.3 Å². The lowest BCUT2D eigenvalue weighted by Gasteiger charge is -2.32. The van der Waals surface area contributed by atoms with E-state index in [0.717, 1.165) is 12.8 Å². The van der Waals surface area contributed by atoms with E-state index in [9.17, 15) is 14.3 Å². The lowest BCUT2D eigenvalue weighted by molar-refractivity contribution is 0.0690. The number of nitrogens with one attached hydrogen (secondary N) is 1. The molecule has 1 fully saturated rings. The molecule has 5 heteroatoms. The number of likely N-dealkylation sites (N-methyl/N-ethyl adjacent to an activating group) is 1. The van der Waals surface area contributed by atoms with Crippen LogP contribution in [-0.2, 0) is 0 Å². The van der Waals surface area contributed by atoms with Crippen LogP contribution in [0.25, 0.3) is 0 Å². The first-order valence-electron chi connectivity index (χ1n) is 6.07. The van der Waals surface area contributed by atoms with Crippen molar-refractivity contribution in [2.75, 3.05) is 20.1 Å². The number of carbonyl (C=O) groups is 1. The van der Waals surface area contributed by atoms with Gasteiger partial charge in [0, 0.05) is 19.1 Å². The molecule has 1 heterocycles. The fraction of sp³-hybridized carbons (Fsp3) is 0.462. The van der Waals surface area contributed by atoms with Gasteiger partial charge in [-0.1, -0.05) is 6.07 Å². The number of nitrogens with zero attached hydrogens (tertiary/aromatic N) is 1. The largest absolute Gasteiger partial charge is 0.507 e. The van der Waals surface area contributed by atoms with Crippen LogP contribution in [0.5, 0.6) is 5.75 Å². The number of halogens is 1. The summed E-state index contributed by atoms with van der Waals surface area (Å²) in [5.74, 6) is -1.41. The second-order valence-electron chi connectivity index (χ2n) is 4.51. The number of phenolic OH excluding ortho intramolecular Hbond substituents is 1. The first-order valence-corrected chi connectivity index (χ1v) is 6.07. The molecule has 1 atom stereocenters. The van der Waals surface area contributed by atoms with E-state index in [1.165, 1.54) is 18.2 Å². The van der Waals surface area contributed by atoms with Crippen LogP contribution >= 0.6 is 0 Å². The third kappa shape index (κ3) is 2.46. The molecule has 1 aromatic rings. The predicted octanol–water partition coefficient (Wildman–Crippen LogP) is 1.36. The van der Waals surface area contributed by atoms with Crippen molar-refractivity contribution in [2.24, 2.45) is 0 Å². The van der Waals surface area contributed by atoms with E-state index in [1.807, 2.05) is 7.05 Å². The van der Waals surface area contributed by atoms with Crippen LogP contribution in [0.3, 0.4) is 0 Å². The molecule has 98 valence electrons. The summed E-state index contributed by atoms with van der Waals surface area (Å²) in [5.41, 5.74) is -0.228. The molecule has 0 spiro atoms. The summed E-state index contributed by atoms with van der Waals surface area (Å²) < 4.78 is 13.6. The van der Waals surface area contributed by atoms with Crippen LogP contribution in [0.1, 0.15) is 23.2 Å². The van der Waals surface area contributed by atoms with Crippen molar-refractivity contribution in [3.63, 3.8) is 0 Å². The number of amides is 1. The summed E-state index contributed by atoms with van der Waals surface area (Å²) in [6.07, 6.45) is 1.88. The minimum atomic E-state index is -0.674. The Balaban J connectivity index is 2.20. The van der Waals surface area contributed by atoms with E-state index in [-0.39, 0.29) is 17.4 Å². The minimum Gasteiger partial charge on any atom is -0.507 e. The summed E-state index contributed by atoms with van der Waals surface area (Å²) in [5, 5.41) is 12.7. The Labute approximate surface area is 105 Å². The number of phenols is 1. The standard InChI is InChI=1S/C13H17FN2O2/c1-15-9-4-3-7-16(8-9)13(18)12-10(14)5-2-6-11(12)17/h2,5-6,9,15,17H,3-4,7-8H2,1H3. The van der Waals surface area contributed by atoms with Gasteiger partial charge in [0.05, 0.1) is 0 Å². The molecule has 0 aliphatic carbocycles. The van der Waals surface area contributed by atoms with Crippen molar-refractivity contribution >= 4 is 5.91 Å². The Morgan fingerprint density at radius 2 is 2.33 bits per heavy atom. The molecule has 1 aliphatic heterocycles. The zero-order valence-electron chi connectivity index (χ0n) is 10.3. The maximum atomic E-state index is 13.6. The predicted molar refractivity (Wildman–Crippen MR) is 66.1 cm³/mol. The summed E-state index contributed by atoms with van der Waals surface area (Å²) in [7, 11) is 1.85. The Bertz CT molecular complexity index is 430. The number of aromatic hydroxyl groups is 1. The van der Waals surface area contributed by atoms with Crippen molar-refractivity contribution in [1.29, 1.82) is 0 Å². The molecule has 18 heavy (non-hydrogen) atoms. The van der Waals surface area contributed by atoms with Crippen LogP contribution in [0, 0.1) is 5.82 Å². The minimum absolute atomic E-state index is 0.228. The van der Waals surface area contributed by atoms with Crippen LogP contribution in [0.15, 0.2) is 18.2 Å². The molecule has 0 saturated carbocycles. The van der Waals surface area contributed by atoms with Gasteiger partial charge in [-0.05, 0) is 32.0 Å². The molecule has 1 aromatic carbocycles. The van der Waals surface area contributed by atoms with Crippen LogP contribution in [0.2, 0.25) is 0 Å². The molecule has 2 rings (SSSR count).